The van der Waals surface area contributed by atoms with Crippen LogP contribution in [-0.2, 0) is 10.4 Å². The molecule has 0 saturated carbocycles. The van der Waals surface area contributed by atoms with E-state index in [0.29, 0.717) is 0 Å². The largest absolute Gasteiger partial charge is 1.00 e. The molecule has 0 aliphatic rings. The molecule has 4 nitrogen and oxygen atoms in total. The molecular weight excluding hydrogens is 442 g/mol. The minimum Gasteiger partial charge on any atom is -1.00 e. The number of rotatable bonds is 0. The van der Waals surface area contributed by atoms with Crippen LogP contribution in [0.25, 0.3) is 0 Å². The van der Waals surface area contributed by atoms with E-state index < -0.39 is 10.4 Å². The van der Waals surface area contributed by atoms with Gasteiger partial charge in [0.05, 0.1) is 0 Å². The Morgan fingerprint density at radius 2 is 1.29 bits per heavy atom. The van der Waals surface area contributed by atoms with E-state index in [1.807, 2.05) is 0 Å². The molecule has 0 aromatic heterocycles. The average Bonchev–Trinajstić information content (AvgIpc) is 0.722. The molecule has 0 bridgehead atoms. The maximum atomic E-state index is 8.74. The van der Waals surface area contributed by atoms with Gasteiger partial charge < -0.3 is 2.85 Å². The zero-order valence-corrected chi connectivity index (χ0v) is 14.3. The molecule has 0 radical (unpaired) electrons. The molecule has 0 spiro atoms. The van der Waals surface area contributed by atoms with Gasteiger partial charge in [-0.3, -0.25) is 9.11 Å². The van der Waals surface area contributed by atoms with Gasteiger partial charge in [-0.25, -0.2) is 0 Å². The standard InChI is InChI=1S/Ba.Bi.H2O4S.5H/c;;1-5(2,3)4;;;;;/h;;(H2,1,2,3,4);;;;;/q+2;;;;;;2*-1. The quantitative estimate of drug-likeness (QED) is 0.332. The molecule has 0 atom stereocenters. The minimum atomic E-state index is -4.67. The SMILES string of the molecule is O=S(=O)(O)O.[Ba+2].[BiH3].[H-].[H-]. The van der Waals surface area contributed by atoms with Crippen LogP contribution in [0.2, 0.25) is 0 Å². The number of hydrogen-bond donors (Lipinski definition) is 2. The van der Waals surface area contributed by atoms with Crippen LogP contribution in [0.5, 0.6) is 0 Å². The smallest absolute Gasteiger partial charge is 1.00 e. The summed E-state index contributed by atoms with van der Waals surface area (Å²) in [5.74, 6) is 0. The van der Waals surface area contributed by atoms with Gasteiger partial charge in [0, 0.05) is 0 Å². The van der Waals surface area contributed by atoms with Gasteiger partial charge in [0.15, 0.2) is 0 Å². The van der Waals surface area contributed by atoms with E-state index in [0.717, 1.165) is 0 Å². The fourth-order valence-corrected chi connectivity index (χ4v) is 0. The van der Waals surface area contributed by atoms with Gasteiger partial charge >= 0.3 is 85.5 Å². The van der Waals surface area contributed by atoms with Gasteiger partial charge in [-0.05, 0) is 0 Å². The van der Waals surface area contributed by atoms with Gasteiger partial charge in [0.2, 0.25) is 0 Å². The Morgan fingerprint density at radius 3 is 1.29 bits per heavy atom. The van der Waals surface area contributed by atoms with Crippen molar-refractivity contribution in [3.8, 4) is 0 Å². The summed E-state index contributed by atoms with van der Waals surface area (Å²) in [6.07, 6.45) is 0. The predicted octanol–water partition coefficient (Wildman–Crippen LogP) is -1.99. The molecule has 44 valence electrons. The van der Waals surface area contributed by atoms with E-state index in [1.54, 1.807) is 0 Å². The molecule has 0 saturated heterocycles. The second kappa shape index (κ2) is 6.44. The molecule has 0 aliphatic heterocycles. The molecule has 0 heterocycles. The molecule has 0 rings (SSSR count). The third-order valence-corrected chi connectivity index (χ3v) is 0. The minimum absolute atomic E-state index is 0. The van der Waals surface area contributed by atoms with Crippen molar-refractivity contribution in [1.29, 1.82) is 0 Å². The molecular formula is H7BaBiO4S. The maximum absolute atomic E-state index is 8.74. The van der Waals surface area contributed by atoms with Crippen molar-refractivity contribution in [2.45, 2.75) is 0 Å². The molecule has 0 unspecified atom stereocenters. The molecule has 2 N–H and O–H groups in total. The maximum Gasteiger partial charge on any atom is -1.00 e. The van der Waals surface area contributed by atoms with Crippen molar-refractivity contribution in [2.75, 3.05) is 0 Å². The summed E-state index contributed by atoms with van der Waals surface area (Å²) in [5, 5.41) is 0. The van der Waals surface area contributed by atoms with Crippen LogP contribution >= 0.6 is 0 Å². The van der Waals surface area contributed by atoms with E-state index in [2.05, 4.69) is 0 Å². The molecule has 7 heavy (non-hydrogen) atoms. The summed E-state index contributed by atoms with van der Waals surface area (Å²) in [5.41, 5.74) is 0. The first kappa shape index (κ1) is 16.2. The summed E-state index contributed by atoms with van der Waals surface area (Å²) >= 11 is 0. The van der Waals surface area contributed by atoms with Crippen molar-refractivity contribution >= 4 is 85.5 Å². The van der Waals surface area contributed by atoms with Gasteiger partial charge in [-0.15, -0.1) is 0 Å². The molecule has 0 amide bonds. The second-order valence-corrected chi connectivity index (χ2v) is 1.34. The third-order valence-electron chi connectivity index (χ3n) is 0. The van der Waals surface area contributed by atoms with E-state index >= 15 is 0 Å². The Bertz CT molecular complexity index is 102. The Labute approximate surface area is 104 Å². The fourth-order valence-electron chi connectivity index (χ4n) is 0. The topological polar surface area (TPSA) is 74.6 Å². The third kappa shape index (κ3) is 61.6. The van der Waals surface area contributed by atoms with Crippen molar-refractivity contribution in [1.82, 2.24) is 0 Å². The van der Waals surface area contributed by atoms with Crippen LogP contribution < -0.4 is 0 Å². The monoisotopic (exact) mass is 450 g/mol. The average molecular weight is 449 g/mol. The van der Waals surface area contributed by atoms with Crippen LogP contribution in [0.4, 0.5) is 0 Å². The fraction of sp³-hybridized carbons (Fsp3) is 0. The molecule has 0 aliphatic carbocycles. The van der Waals surface area contributed by atoms with E-state index in [-0.39, 0.29) is 77.9 Å². The van der Waals surface area contributed by atoms with E-state index in [9.17, 15) is 0 Å². The Balaban J connectivity index is -0.0000000133. The molecule has 0 aromatic rings. The second-order valence-electron chi connectivity index (χ2n) is 0.448. The van der Waals surface area contributed by atoms with Crippen molar-refractivity contribution in [3.05, 3.63) is 0 Å². The number of hydrogen-bond acceptors (Lipinski definition) is 2. The Hall–Kier alpha value is 2.32. The van der Waals surface area contributed by atoms with Crippen molar-refractivity contribution < 1.29 is 20.4 Å². The summed E-state index contributed by atoms with van der Waals surface area (Å²) in [7, 11) is -4.67. The van der Waals surface area contributed by atoms with Crippen LogP contribution in [-0.4, -0.2) is 92.6 Å². The molecule has 0 aromatic carbocycles. The first-order valence-electron chi connectivity index (χ1n) is 0.698. The Morgan fingerprint density at radius 1 is 1.29 bits per heavy atom. The van der Waals surface area contributed by atoms with Crippen LogP contribution in [0.1, 0.15) is 2.85 Å². The van der Waals surface area contributed by atoms with Crippen LogP contribution in [0, 0.1) is 0 Å². The van der Waals surface area contributed by atoms with Gasteiger partial charge in [-0.2, -0.15) is 8.42 Å². The summed E-state index contributed by atoms with van der Waals surface area (Å²) in [6, 6.07) is 0. The van der Waals surface area contributed by atoms with Crippen LogP contribution in [0.3, 0.4) is 0 Å². The normalized spacial score (nSPS) is 8.29. The molecule has 7 heteroatoms. The zero-order chi connectivity index (χ0) is 4.50. The van der Waals surface area contributed by atoms with Crippen LogP contribution in [0.15, 0.2) is 0 Å². The van der Waals surface area contributed by atoms with Crippen molar-refractivity contribution in [2.24, 2.45) is 0 Å². The van der Waals surface area contributed by atoms with E-state index in [4.69, 9.17) is 17.5 Å². The van der Waals surface area contributed by atoms with Gasteiger partial charge in [-0.1, -0.05) is 0 Å². The first-order chi connectivity index (χ1) is 2.00. The van der Waals surface area contributed by atoms with E-state index in [1.165, 1.54) is 0 Å². The van der Waals surface area contributed by atoms with Gasteiger partial charge in [0.25, 0.3) is 0 Å². The molecule has 0 fully saturated rings. The summed E-state index contributed by atoms with van der Waals surface area (Å²) in [6.45, 7) is 0. The first-order valence-corrected chi connectivity index (χ1v) is 2.10. The predicted molar refractivity (Wildman–Crippen MR) is 32.1 cm³/mol. The summed E-state index contributed by atoms with van der Waals surface area (Å²) in [4.78, 5) is 0. The zero-order valence-electron chi connectivity index (χ0n) is 5.53. The summed E-state index contributed by atoms with van der Waals surface area (Å²) < 4.78 is 31.6. The van der Waals surface area contributed by atoms with Crippen molar-refractivity contribution in [3.63, 3.8) is 0 Å². The Kier molecular flexibility index (Phi) is 14.9. The van der Waals surface area contributed by atoms with Gasteiger partial charge in [0.1, 0.15) is 0 Å².